The molecule has 0 bridgehead atoms. The van der Waals surface area contributed by atoms with Gasteiger partial charge in [0.15, 0.2) is 0 Å². The van der Waals surface area contributed by atoms with Crippen molar-refractivity contribution in [3.05, 3.63) is 66.2 Å². The second kappa shape index (κ2) is 6.26. The Balaban J connectivity index is 2.29. The predicted octanol–water partition coefficient (Wildman–Crippen LogP) is 0.237. The Bertz CT molecular complexity index is 1220. The number of nitrogens with zero attached hydrogens (tertiary/aromatic N) is 4. The van der Waals surface area contributed by atoms with Crippen LogP contribution in [0.3, 0.4) is 0 Å². The minimum absolute atomic E-state index is 0.0387. The minimum atomic E-state index is -0.696. The molecule has 0 spiro atoms. The average molecular weight is 376 g/mol. The van der Waals surface area contributed by atoms with E-state index < -0.39 is 22.7 Å². The number of hydrogen-bond acceptors (Lipinski definition) is 5. The van der Waals surface area contributed by atoms with Crippen LogP contribution in [-0.4, -0.2) is 24.6 Å². The van der Waals surface area contributed by atoms with E-state index >= 15 is 0 Å². The quantitative estimate of drug-likeness (QED) is 0.690. The maximum Gasteiger partial charge on any atom is 0.332 e. The van der Waals surface area contributed by atoms with Crippen molar-refractivity contribution in [3.63, 3.8) is 0 Å². The van der Waals surface area contributed by atoms with Gasteiger partial charge in [-0.15, -0.1) is 0 Å². The molecule has 0 fully saturated rings. The third kappa shape index (κ3) is 2.72. The Morgan fingerprint density at radius 1 is 1.08 bits per heavy atom. The molecule has 134 valence electrons. The van der Waals surface area contributed by atoms with Crippen LogP contribution < -0.4 is 22.1 Å². The van der Waals surface area contributed by atoms with Gasteiger partial charge in [-0.3, -0.25) is 28.1 Å². The summed E-state index contributed by atoms with van der Waals surface area (Å²) in [5.74, 6) is -0.492. The second-order valence-electron chi connectivity index (χ2n) is 5.68. The third-order valence-corrected chi connectivity index (χ3v) is 4.26. The zero-order chi connectivity index (χ0) is 19.2. The van der Waals surface area contributed by atoms with E-state index in [0.29, 0.717) is 5.02 Å². The van der Waals surface area contributed by atoms with Crippen molar-refractivity contribution in [2.45, 2.75) is 0 Å². The van der Waals surface area contributed by atoms with Crippen LogP contribution in [0.5, 0.6) is 0 Å². The smallest absolute Gasteiger partial charge is 0.307 e. The zero-order valence-corrected chi connectivity index (χ0v) is 14.9. The van der Waals surface area contributed by atoms with Gasteiger partial charge >= 0.3 is 5.69 Å². The largest absolute Gasteiger partial charge is 0.332 e. The Morgan fingerprint density at radius 3 is 2.38 bits per heavy atom. The number of pyridine rings is 2. The summed E-state index contributed by atoms with van der Waals surface area (Å²) in [6, 6.07) is 4.08. The highest BCUT2D eigenvalue weighted by Gasteiger charge is 2.21. The molecule has 3 heterocycles. The van der Waals surface area contributed by atoms with E-state index in [1.165, 1.54) is 39.5 Å². The molecule has 1 amide bonds. The Labute approximate surface area is 151 Å². The molecular formula is C16H14ClN5O4. The summed E-state index contributed by atoms with van der Waals surface area (Å²) in [5.41, 5.74) is -1.90. The highest BCUT2D eigenvalue weighted by atomic mass is 35.5. The number of rotatable bonds is 2. The van der Waals surface area contributed by atoms with Gasteiger partial charge in [-0.25, -0.2) is 9.78 Å². The first-order valence-corrected chi connectivity index (χ1v) is 7.83. The van der Waals surface area contributed by atoms with Gasteiger partial charge < -0.3 is 5.32 Å². The molecule has 0 aliphatic heterocycles. The van der Waals surface area contributed by atoms with Crippen molar-refractivity contribution in [3.8, 4) is 0 Å². The van der Waals surface area contributed by atoms with E-state index in [2.05, 4.69) is 10.3 Å². The van der Waals surface area contributed by atoms with Gasteiger partial charge in [0.25, 0.3) is 17.0 Å². The van der Waals surface area contributed by atoms with Crippen LogP contribution in [-0.2, 0) is 21.1 Å². The summed E-state index contributed by atoms with van der Waals surface area (Å²) in [7, 11) is 4.15. The first kappa shape index (κ1) is 17.6. The van der Waals surface area contributed by atoms with Crippen molar-refractivity contribution < 1.29 is 4.79 Å². The van der Waals surface area contributed by atoms with Crippen molar-refractivity contribution in [2.24, 2.45) is 21.1 Å². The van der Waals surface area contributed by atoms with Gasteiger partial charge in [-0.05, 0) is 12.1 Å². The highest BCUT2D eigenvalue weighted by molar-refractivity contribution is 6.30. The van der Waals surface area contributed by atoms with Gasteiger partial charge in [-0.1, -0.05) is 11.6 Å². The second-order valence-corrected chi connectivity index (χ2v) is 6.11. The fourth-order valence-corrected chi connectivity index (χ4v) is 2.78. The molecule has 3 aromatic rings. The van der Waals surface area contributed by atoms with Gasteiger partial charge in [0, 0.05) is 33.4 Å². The number of fused-ring (bicyclic) bond motifs is 1. The van der Waals surface area contributed by atoms with Crippen LogP contribution in [0.25, 0.3) is 11.0 Å². The number of aromatic nitrogens is 4. The predicted molar refractivity (Wildman–Crippen MR) is 96.9 cm³/mol. The van der Waals surface area contributed by atoms with Gasteiger partial charge in [0.05, 0.1) is 16.0 Å². The fourth-order valence-electron chi connectivity index (χ4n) is 2.67. The maximum atomic E-state index is 12.7. The van der Waals surface area contributed by atoms with E-state index in [4.69, 9.17) is 11.6 Å². The molecule has 0 saturated heterocycles. The fraction of sp³-hybridized carbons (Fsp3) is 0.188. The number of carbonyl (C=O) groups is 1. The van der Waals surface area contributed by atoms with Gasteiger partial charge in [-0.2, -0.15) is 0 Å². The zero-order valence-electron chi connectivity index (χ0n) is 14.1. The molecule has 0 atom stereocenters. The van der Waals surface area contributed by atoms with Gasteiger partial charge in [0.1, 0.15) is 11.5 Å². The Morgan fingerprint density at radius 2 is 1.77 bits per heavy atom. The van der Waals surface area contributed by atoms with E-state index in [-0.39, 0.29) is 22.4 Å². The SMILES string of the molecule is Cn1c(=O)c2c(C(=O)Nc3ccc(Cl)cn3)cc(=O)n(C)c2n(C)c1=O. The third-order valence-electron chi connectivity index (χ3n) is 4.03. The lowest BCUT2D eigenvalue weighted by atomic mass is 10.1. The van der Waals surface area contributed by atoms with Crippen molar-refractivity contribution >= 4 is 34.4 Å². The molecule has 0 aromatic carbocycles. The molecule has 0 radical (unpaired) electrons. The molecule has 3 rings (SSSR count). The number of halogens is 1. The number of amides is 1. The number of aryl methyl sites for hydroxylation is 2. The summed E-state index contributed by atoms with van der Waals surface area (Å²) < 4.78 is 3.18. The number of anilines is 1. The molecule has 0 unspecified atom stereocenters. The molecular weight excluding hydrogens is 362 g/mol. The molecule has 26 heavy (non-hydrogen) atoms. The molecule has 0 aliphatic rings. The summed E-state index contributed by atoms with van der Waals surface area (Å²) in [4.78, 5) is 53.6. The topological polar surface area (TPSA) is 108 Å². The summed E-state index contributed by atoms with van der Waals surface area (Å²) >= 11 is 5.76. The van der Waals surface area contributed by atoms with Crippen molar-refractivity contribution in [1.82, 2.24) is 18.7 Å². The van der Waals surface area contributed by atoms with Crippen LogP contribution >= 0.6 is 11.6 Å². The summed E-state index contributed by atoms with van der Waals surface area (Å²) in [5, 5.41) is 2.87. The van der Waals surface area contributed by atoms with Crippen LogP contribution in [0.15, 0.2) is 38.8 Å². The van der Waals surface area contributed by atoms with E-state index in [9.17, 15) is 19.2 Å². The molecule has 3 aromatic heterocycles. The molecule has 0 saturated carbocycles. The maximum absolute atomic E-state index is 12.7. The van der Waals surface area contributed by atoms with Gasteiger partial charge in [0.2, 0.25) is 0 Å². The van der Waals surface area contributed by atoms with Crippen LogP contribution in [0.4, 0.5) is 5.82 Å². The van der Waals surface area contributed by atoms with E-state index in [1.807, 2.05) is 0 Å². The lowest BCUT2D eigenvalue weighted by molar-refractivity contribution is 0.102. The number of hydrogen-bond donors (Lipinski definition) is 1. The number of carbonyl (C=O) groups excluding carboxylic acids is 1. The van der Waals surface area contributed by atoms with E-state index in [0.717, 1.165) is 19.8 Å². The minimum Gasteiger partial charge on any atom is -0.307 e. The molecule has 0 aliphatic carbocycles. The summed E-state index contributed by atoms with van der Waals surface area (Å²) in [6.07, 6.45) is 1.35. The lowest BCUT2D eigenvalue weighted by Gasteiger charge is -2.14. The first-order chi connectivity index (χ1) is 12.2. The molecule has 1 N–H and O–H groups in total. The monoisotopic (exact) mass is 375 g/mol. The molecule has 9 nitrogen and oxygen atoms in total. The highest BCUT2D eigenvalue weighted by Crippen LogP contribution is 2.14. The van der Waals surface area contributed by atoms with Crippen LogP contribution in [0.1, 0.15) is 10.4 Å². The lowest BCUT2D eigenvalue weighted by Crippen LogP contribution is -2.40. The van der Waals surface area contributed by atoms with Crippen molar-refractivity contribution in [1.29, 1.82) is 0 Å². The Kier molecular flexibility index (Phi) is 4.25. The first-order valence-electron chi connectivity index (χ1n) is 7.45. The van der Waals surface area contributed by atoms with Crippen molar-refractivity contribution in [2.75, 3.05) is 5.32 Å². The summed E-state index contributed by atoms with van der Waals surface area (Å²) in [6.45, 7) is 0. The van der Waals surface area contributed by atoms with Crippen LogP contribution in [0.2, 0.25) is 5.02 Å². The Hall–Kier alpha value is -3.20. The van der Waals surface area contributed by atoms with Crippen LogP contribution in [0, 0.1) is 0 Å². The standard InChI is InChI=1S/C16H14ClN5O4/c1-20-11(23)6-9(13(24)19-10-5-4-8(17)7-18-10)12-14(20)21(2)16(26)22(3)15(12)25/h4-7H,1-3H3,(H,18,19,24). The van der Waals surface area contributed by atoms with E-state index in [1.54, 1.807) is 0 Å². The average Bonchev–Trinajstić information content (AvgIpc) is 2.61. The normalized spacial score (nSPS) is 10.9. The number of nitrogens with one attached hydrogen (secondary N) is 1. The molecule has 10 heteroatoms.